The predicted octanol–water partition coefficient (Wildman–Crippen LogP) is 2.44. The summed E-state index contributed by atoms with van der Waals surface area (Å²) in [6, 6.07) is 4.90. The third kappa shape index (κ3) is 17.9. The molecule has 290 valence electrons. The summed E-state index contributed by atoms with van der Waals surface area (Å²) < 4.78 is 29.9. The second-order valence-electron chi connectivity index (χ2n) is 15.4. The molecular formula is C36H61N5O9S. The average molecular weight is 740 g/mol. The fourth-order valence-electron chi connectivity index (χ4n) is 5.18. The van der Waals surface area contributed by atoms with Crippen LogP contribution in [0.5, 0.6) is 0 Å². The van der Waals surface area contributed by atoms with E-state index in [0.717, 1.165) is 11.8 Å². The number of carbonyl (C=O) groups is 5. The van der Waals surface area contributed by atoms with Crippen LogP contribution in [0.25, 0.3) is 0 Å². The van der Waals surface area contributed by atoms with Crippen molar-refractivity contribution in [2.75, 3.05) is 12.0 Å². The summed E-state index contributed by atoms with van der Waals surface area (Å²) in [4.78, 5) is 65.6. The van der Waals surface area contributed by atoms with E-state index in [1.165, 1.54) is 0 Å². The van der Waals surface area contributed by atoms with Crippen molar-refractivity contribution in [2.24, 2.45) is 23.7 Å². The molecule has 0 saturated heterocycles. The van der Waals surface area contributed by atoms with Gasteiger partial charge in [-0.2, -0.15) is 0 Å². The number of hydrogen-bond donors (Lipinski definition) is 6. The number of nitrogens with one attached hydrogen (secondary N) is 5. The topological polar surface area (TPSA) is 209 Å². The molecular weight excluding hydrogens is 678 g/mol. The molecule has 0 bridgehead atoms. The Morgan fingerprint density at radius 3 is 1.78 bits per heavy atom. The summed E-state index contributed by atoms with van der Waals surface area (Å²) in [5.41, 5.74) is 0.0726. The molecule has 0 aliphatic carbocycles. The van der Waals surface area contributed by atoms with E-state index in [9.17, 15) is 37.5 Å². The van der Waals surface area contributed by atoms with E-state index in [1.54, 1.807) is 41.5 Å². The molecule has 15 heteroatoms. The highest BCUT2D eigenvalue weighted by molar-refractivity contribution is 7.90. The predicted molar refractivity (Wildman–Crippen MR) is 196 cm³/mol. The lowest BCUT2D eigenvalue weighted by molar-refractivity contribution is -0.133. The molecule has 51 heavy (non-hydrogen) atoms. The van der Waals surface area contributed by atoms with Crippen LogP contribution < -0.4 is 26.6 Å². The van der Waals surface area contributed by atoms with Gasteiger partial charge < -0.3 is 36.4 Å². The smallest absolute Gasteiger partial charge is 0.408 e. The molecule has 5 amide bonds. The lowest BCUT2D eigenvalue weighted by atomic mass is 9.91. The van der Waals surface area contributed by atoms with Crippen LogP contribution in [0.3, 0.4) is 0 Å². The highest BCUT2D eigenvalue weighted by atomic mass is 32.2. The molecule has 14 nitrogen and oxygen atoms in total. The third-order valence-electron chi connectivity index (χ3n) is 7.84. The zero-order chi connectivity index (χ0) is 39.3. The Labute approximate surface area is 303 Å². The first-order chi connectivity index (χ1) is 23.4. The van der Waals surface area contributed by atoms with Gasteiger partial charge in [0.2, 0.25) is 23.6 Å². The monoisotopic (exact) mass is 739 g/mol. The van der Waals surface area contributed by atoms with Gasteiger partial charge in [0.25, 0.3) is 0 Å². The Morgan fingerprint density at radius 1 is 0.745 bits per heavy atom. The molecule has 0 spiro atoms. The van der Waals surface area contributed by atoms with Crippen molar-refractivity contribution in [1.82, 2.24) is 26.6 Å². The summed E-state index contributed by atoms with van der Waals surface area (Å²) in [5.74, 6) is -4.68. The molecule has 0 aliphatic heterocycles. The Balaban J connectivity index is 3.08. The van der Waals surface area contributed by atoms with Gasteiger partial charge in [0.1, 0.15) is 33.6 Å². The highest BCUT2D eigenvalue weighted by Gasteiger charge is 2.35. The molecule has 0 saturated carbocycles. The number of ether oxygens (including phenoxy) is 1. The number of sulfone groups is 1. The van der Waals surface area contributed by atoms with Crippen molar-refractivity contribution in [2.45, 2.75) is 124 Å². The number of hydrogen-bond acceptors (Lipinski definition) is 9. The number of benzene rings is 1. The van der Waals surface area contributed by atoms with Crippen LogP contribution in [0.4, 0.5) is 4.79 Å². The van der Waals surface area contributed by atoms with Crippen molar-refractivity contribution in [3.05, 3.63) is 35.9 Å². The fourth-order valence-corrected chi connectivity index (χ4v) is 6.02. The molecule has 6 N–H and O–H groups in total. The second-order valence-corrected chi connectivity index (χ2v) is 17.6. The van der Waals surface area contributed by atoms with Gasteiger partial charge in [0.15, 0.2) is 0 Å². The van der Waals surface area contributed by atoms with E-state index in [0.29, 0.717) is 6.54 Å². The van der Waals surface area contributed by atoms with Crippen LogP contribution in [-0.2, 0) is 40.3 Å². The first-order valence-electron chi connectivity index (χ1n) is 17.5. The van der Waals surface area contributed by atoms with Gasteiger partial charge in [-0.1, -0.05) is 78.8 Å². The van der Waals surface area contributed by atoms with Crippen LogP contribution >= 0.6 is 0 Å². The van der Waals surface area contributed by atoms with Crippen molar-refractivity contribution in [3.8, 4) is 0 Å². The largest absolute Gasteiger partial charge is 0.444 e. The molecule has 0 fully saturated rings. The van der Waals surface area contributed by atoms with Crippen LogP contribution in [-0.4, -0.2) is 91.1 Å². The Hall–Kier alpha value is -3.72. The molecule has 1 aromatic rings. The molecule has 1 rings (SSSR count). The number of carbonyl (C=O) groups excluding carboxylic acids is 5. The summed E-state index contributed by atoms with van der Waals surface area (Å²) in [5, 5.41) is 24.6. The van der Waals surface area contributed by atoms with Gasteiger partial charge in [0, 0.05) is 18.7 Å². The normalized spacial score (nSPS) is 15.6. The van der Waals surface area contributed by atoms with Crippen molar-refractivity contribution in [3.63, 3.8) is 0 Å². The van der Waals surface area contributed by atoms with Crippen LogP contribution in [0.15, 0.2) is 30.3 Å². The van der Waals surface area contributed by atoms with Crippen LogP contribution in [0, 0.1) is 23.7 Å². The Kier molecular flexibility index (Phi) is 18.1. The molecule has 0 radical (unpaired) electrons. The first kappa shape index (κ1) is 45.3. The maximum atomic E-state index is 13.6. The lowest BCUT2D eigenvalue weighted by Crippen LogP contribution is -2.59. The number of aliphatic hydroxyl groups is 1. The van der Waals surface area contributed by atoms with E-state index in [-0.39, 0.29) is 30.6 Å². The molecule has 0 aromatic heterocycles. The maximum Gasteiger partial charge on any atom is 0.408 e. The number of rotatable bonds is 19. The number of alkyl carbamates (subject to hydrolysis) is 1. The van der Waals surface area contributed by atoms with Crippen molar-refractivity contribution >= 4 is 39.6 Å². The zero-order valence-electron chi connectivity index (χ0n) is 32.0. The lowest BCUT2D eigenvalue weighted by Gasteiger charge is -2.31. The maximum absolute atomic E-state index is 13.6. The van der Waals surface area contributed by atoms with Gasteiger partial charge in [0.05, 0.1) is 17.9 Å². The minimum atomic E-state index is -3.80. The fraction of sp³-hybridized carbons (Fsp3) is 0.694. The van der Waals surface area contributed by atoms with Crippen LogP contribution in [0.1, 0.15) is 87.6 Å². The average Bonchev–Trinajstić information content (AvgIpc) is 2.98. The SMILES string of the molecule is CC(C)C[C@H](NC(=O)C(CS(C)(=O)=O)NC(=O)[C@@H](NC(=O)OC(C)(C)C)C(C)C)C(O)CC(C)C(=O)N[C@H](C(=O)NCc1ccccc1)C(C)C. The van der Waals surface area contributed by atoms with Gasteiger partial charge in [-0.15, -0.1) is 0 Å². The van der Waals surface area contributed by atoms with Crippen molar-refractivity contribution < 1.29 is 42.2 Å². The minimum Gasteiger partial charge on any atom is -0.444 e. The first-order valence-corrected chi connectivity index (χ1v) is 19.5. The summed E-state index contributed by atoms with van der Waals surface area (Å²) in [6.07, 6.45) is -0.991. The molecule has 1 aromatic carbocycles. The summed E-state index contributed by atoms with van der Waals surface area (Å²) >= 11 is 0. The zero-order valence-corrected chi connectivity index (χ0v) is 32.8. The van der Waals surface area contributed by atoms with Crippen LogP contribution in [0.2, 0.25) is 0 Å². The summed E-state index contributed by atoms with van der Waals surface area (Å²) in [6.45, 7) is 17.6. The molecule has 3 unspecified atom stereocenters. The van der Waals surface area contributed by atoms with E-state index >= 15 is 0 Å². The van der Waals surface area contributed by atoms with Gasteiger partial charge >= 0.3 is 6.09 Å². The van der Waals surface area contributed by atoms with Gasteiger partial charge in [-0.3, -0.25) is 19.2 Å². The molecule has 0 heterocycles. The minimum absolute atomic E-state index is 0.0287. The number of aliphatic hydroxyl groups excluding tert-OH is 1. The van der Waals surface area contributed by atoms with Gasteiger partial charge in [-0.25, -0.2) is 13.2 Å². The van der Waals surface area contributed by atoms with Crippen molar-refractivity contribution in [1.29, 1.82) is 0 Å². The van der Waals surface area contributed by atoms with E-state index in [2.05, 4.69) is 26.6 Å². The molecule has 6 atom stereocenters. The Bertz CT molecular complexity index is 1410. The van der Waals surface area contributed by atoms with E-state index in [4.69, 9.17) is 4.74 Å². The highest BCUT2D eigenvalue weighted by Crippen LogP contribution is 2.17. The number of amides is 5. The standard InChI is InChI=1S/C36H61N5O9S/c1-21(2)17-26(28(42)18-24(7)31(43)40-29(22(3)4)33(45)37-19-25-15-13-12-14-16-25)38-32(44)27(20-51(11,48)49)39-34(46)30(23(5)6)41-35(47)50-36(8,9)10/h12-16,21-24,26-30,42H,17-20H2,1-11H3,(H,37,45)(H,38,44)(H,39,46)(H,40,43)(H,41,47)/t24?,26-,27?,28?,29-,30-/m0/s1. The third-order valence-corrected chi connectivity index (χ3v) is 8.78. The van der Waals surface area contributed by atoms with E-state index in [1.807, 2.05) is 58.0 Å². The Morgan fingerprint density at radius 2 is 1.29 bits per heavy atom. The van der Waals surface area contributed by atoms with Gasteiger partial charge in [-0.05, 0) is 56.9 Å². The quantitative estimate of drug-likeness (QED) is 0.123. The van der Waals surface area contributed by atoms with E-state index < -0.39 is 87.1 Å². The second kappa shape index (κ2) is 20.4. The molecule has 0 aliphatic rings. The summed E-state index contributed by atoms with van der Waals surface area (Å²) in [7, 11) is -3.80.